The smallest absolute Gasteiger partial charge is 0.245 e. The van der Waals surface area contributed by atoms with Gasteiger partial charge in [0.1, 0.15) is 47.8 Å². The van der Waals surface area contributed by atoms with E-state index in [9.17, 15) is 71.7 Å². The summed E-state index contributed by atoms with van der Waals surface area (Å²) in [5, 5.41) is 36.5. The summed E-state index contributed by atoms with van der Waals surface area (Å²) >= 11 is -2.32. The molecule has 73 heavy (non-hydrogen) atoms. The molecule has 16 N–H and O–H groups in total. The van der Waals surface area contributed by atoms with Crippen LogP contribution < -0.4 is 54.4 Å². The van der Waals surface area contributed by atoms with Crippen LogP contribution in [0.3, 0.4) is 0 Å². The van der Waals surface area contributed by atoms with Crippen LogP contribution in [0.1, 0.15) is 76.8 Å². The molecule has 11 amide bonds. The first-order chi connectivity index (χ1) is 34.3. The average Bonchev–Trinajstić information content (AvgIpc) is 3.32. The predicted octanol–water partition coefficient (Wildman–Crippen LogP) is -3.55. The first-order valence-corrected chi connectivity index (χ1v) is 24.4. The molecule has 0 saturated carbocycles. The van der Waals surface area contributed by atoms with Gasteiger partial charge in [0.05, 0.1) is 25.3 Å². The normalized spacial score (nSPS) is 14.2. The highest BCUT2D eigenvalue weighted by atomic mass is 32.2. The van der Waals surface area contributed by atoms with Gasteiger partial charge in [-0.3, -0.25) is 52.7 Å². The van der Waals surface area contributed by atoms with Crippen LogP contribution in [0.5, 0.6) is 11.5 Å². The second kappa shape index (κ2) is 30.9. The second-order valence-corrected chi connectivity index (χ2v) is 18.2. The number of phenols is 2. The Balaban J connectivity index is 2.33. The van der Waals surface area contributed by atoms with E-state index in [4.69, 9.17) is 17.2 Å². The molecule has 2 rings (SSSR count). The maximum absolute atomic E-state index is 14.1. The fraction of sp³-hybridized carbons (Fsp3) is 0.500. The van der Waals surface area contributed by atoms with Crippen LogP contribution in [0.25, 0.3) is 0 Å². The molecular weight excluding hydrogens is 979 g/mol. The quantitative estimate of drug-likeness (QED) is 0.0316. The topological polar surface area (TPSA) is 431 Å². The van der Waals surface area contributed by atoms with Crippen molar-refractivity contribution < 1.29 is 71.7 Å². The molecule has 1 unspecified atom stereocenters. The van der Waals surface area contributed by atoms with Crippen LogP contribution in [-0.2, 0) is 76.7 Å². The molecule has 0 radical (unpaired) electrons. The van der Waals surface area contributed by atoms with Gasteiger partial charge in [-0.05, 0) is 54.2 Å². The number of carbonyl (C=O) groups is 11. The standard InChI is InChI=1S/C46H67N11O15S/c1-5-7-31(46(70)57(4)24-39(64)52-32(41(65)50-23-37(49)62)20-26-8-12-28(58)13-9-26)54-43(67)34(22-36(48)61)55-42(66)30(16-17-35(47)60)53-45(69)40(25(3)6-2)56-44(68)33(51-38(63)18-19-73(71)72)21-27-10-14-29(59)15-11-27/h8-15,25,30-34,40,58-59H,5-7,16-24H2,1-4H3,(H2,47,60)(H2,48,61)(H2,49,62)(H,50,65)(H,51,63)(H,52,64)(H,53,69)(H,54,67)(H,55,66)(H,56,68)(H,71,72)/t25-,30-,31-,32-,33+,34-,40-/m0/s1. The van der Waals surface area contributed by atoms with Crippen molar-refractivity contribution in [1.29, 1.82) is 0 Å². The minimum absolute atomic E-state index is 0.0180. The number of nitrogens with two attached hydrogens (primary N) is 3. The van der Waals surface area contributed by atoms with Crippen LogP contribution in [0, 0.1) is 5.92 Å². The zero-order valence-corrected chi connectivity index (χ0v) is 41.8. The zero-order valence-electron chi connectivity index (χ0n) is 41.0. The number of nitrogens with one attached hydrogen (secondary N) is 7. The fourth-order valence-corrected chi connectivity index (χ4v) is 7.33. The lowest BCUT2D eigenvalue weighted by Gasteiger charge is -2.29. The Morgan fingerprint density at radius 2 is 1.08 bits per heavy atom. The van der Waals surface area contributed by atoms with Crippen molar-refractivity contribution in [3.63, 3.8) is 0 Å². The Bertz CT molecular complexity index is 2300. The van der Waals surface area contributed by atoms with Gasteiger partial charge in [-0.1, -0.05) is 57.9 Å². The van der Waals surface area contributed by atoms with Gasteiger partial charge in [-0.25, -0.2) is 4.21 Å². The Kier molecular flexibility index (Phi) is 26.0. The van der Waals surface area contributed by atoms with Crippen molar-refractivity contribution in [3.05, 3.63) is 59.7 Å². The number of benzene rings is 2. The minimum atomic E-state index is -2.32. The van der Waals surface area contributed by atoms with Crippen molar-refractivity contribution in [2.75, 3.05) is 25.9 Å². The van der Waals surface area contributed by atoms with Gasteiger partial charge in [0, 0.05) is 32.7 Å². The van der Waals surface area contributed by atoms with Gasteiger partial charge in [-0.15, -0.1) is 0 Å². The second-order valence-electron chi connectivity index (χ2n) is 17.2. The third-order valence-corrected chi connectivity index (χ3v) is 11.6. The maximum atomic E-state index is 14.1. The molecule has 0 aliphatic carbocycles. The van der Waals surface area contributed by atoms with E-state index in [2.05, 4.69) is 37.2 Å². The van der Waals surface area contributed by atoms with Crippen LogP contribution in [0.4, 0.5) is 0 Å². The molecule has 8 atom stereocenters. The minimum Gasteiger partial charge on any atom is -0.508 e. The van der Waals surface area contributed by atoms with Gasteiger partial charge in [-0.2, -0.15) is 0 Å². The summed E-state index contributed by atoms with van der Waals surface area (Å²) in [4.78, 5) is 145. The van der Waals surface area contributed by atoms with E-state index in [-0.39, 0.29) is 37.2 Å². The lowest BCUT2D eigenvalue weighted by Crippen LogP contribution is -2.60. The molecule has 402 valence electrons. The summed E-state index contributed by atoms with van der Waals surface area (Å²) < 4.78 is 20.4. The molecule has 0 aliphatic heterocycles. The molecule has 2 aromatic rings. The monoisotopic (exact) mass is 1050 g/mol. The van der Waals surface area contributed by atoms with E-state index in [1.165, 1.54) is 55.6 Å². The van der Waals surface area contributed by atoms with Crippen molar-refractivity contribution in [3.8, 4) is 11.5 Å². The molecule has 0 aromatic heterocycles. The number of carbonyl (C=O) groups excluding carboxylic acids is 11. The average molecular weight is 1050 g/mol. The third-order valence-electron chi connectivity index (χ3n) is 11.1. The molecule has 0 bridgehead atoms. The van der Waals surface area contributed by atoms with Crippen LogP contribution in [0.2, 0.25) is 0 Å². The van der Waals surface area contributed by atoms with Crippen LogP contribution in [0.15, 0.2) is 48.5 Å². The van der Waals surface area contributed by atoms with Crippen molar-refractivity contribution in [1.82, 2.24) is 42.1 Å². The van der Waals surface area contributed by atoms with E-state index in [1.807, 2.05) is 0 Å². The Hall–Kier alpha value is -7.68. The zero-order chi connectivity index (χ0) is 54.9. The highest BCUT2D eigenvalue weighted by Gasteiger charge is 2.35. The molecule has 0 spiro atoms. The number of hydrogen-bond acceptors (Lipinski definition) is 14. The lowest BCUT2D eigenvalue weighted by atomic mass is 9.96. The summed E-state index contributed by atoms with van der Waals surface area (Å²) in [7, 11) is 1.23. The largest absolute Gasteiger partial charge is 0.508 e. The molecule has 0 heterocycles. The number of nitrogens with zero attached hydrogens (tertiary/aromatic N) is 1. The summed E-state index contributed by atoms with van der Waals surface area (Å²) in [5.74, 6) is -11.2. The number of primary amides is 3. The SMILES string of the molecule is CCC[C@H](NC(=O)[C@H](CC(N)=O)NC(=O)[C@H](CCC(N)=O)NC(=O)[C@@H](NC(=O)[C@@H](Cc1ccc(O)cc1)NC(=O)CCS(=O)O)[C@@H](C)CC)C(=O)N(C)CC(=O)N[C@@H](Cc1ccc(O)cc1)C(=O)NCC(N)=O. The summed E-state index contributed by atoms with van der Waals surface area (Å²) in [6.07, 6.45) is -1.87. The van der Waals surface area contributed by atoms with E-state index in [0.717, 1.165) is 4.90 Å². The van der Waals surface area contributed by atoms with Gasteiger partial charge < -0.3 is 74.1 Å². The van der Waals surface area contributed by atoms with Gasteiger partial charge in [0.25, 0.3) is 0 Å². The molecular formula is C46H67N11O15S. The molecule has 0 aliphatic rings. The van der Waals surface area contributed by atoms with E-state index in [0.29, 0.717) is 17.5 Å². The summed E-state index contributed by atoms with van der Waals surface area (Å²) in [6.45, 7) is 3.79. The van der Waals surface area contributed by atoms with Crippen LogP contribution >= 0.6 is 0 Å². The van der Waals surface area contributed by atoms with Crippen molar-refractivity contribution in [2.45, 2.75) is 115 Å². The maximum Gasteiger partial charge on any atom is 0.245 e. The number of amides is 11. The Labute approximate surface area is 423 Å². The predicted molar refractivity (Wildman–Crippen MR) is 262 cm³/mol. The summed E-state index contributed by atoms with van der Waals surface area (Å²) in [6, 6.07) is 2.57. The molecule has 0 saturated heterocycles. The number of rotatable bonds is 32. The van der Waals surface area contributed by atoms with E-state index >= 15 is 0 Å². The lowest BCUT2D eigenvalue weighted by molar-refractivity contribution is -0.140. The highest BCUT2D eigenvalue weighted by molar-refractivity contribution is 7.79. The van der Waals surface area contributed by atoms with Crippen molar-refractivity contribution >= 4 is 76.1 Å². The molecule has 26 nitrogen and oxygen atoms in total. The van der Waals surface area contributed by atoms with E-state index in [1.54, 1.807) is 20.8 Å². The molecule has 2 aromatic carbocycles. The number of likely N-dealkylation sites (N-methyl/N-ethyl adjacent to an activating group) is 1. The van der Waals surface area contributed by atoms with Crippen molar-refractivity contribution in [2.24, 2.45) is 23.1 Å². The highest BCUT2D eigenvalue weighted by Crippen LogP contribution is 2.15. The van der Waals surface area contributed by atoms with Gasteiger partial charge in [0.2, 0.25) is 65.0 Å². The first-order valence-electron chi connectivity index (χ1n) is 23.1. The fourth-order valence-electron chi connectivity index (χ4n) is 6.97. The van der Waals surface area contributed by atoms with E-state index < -0.39 is 163 Å². The van der Waals surface area contributed by atoms with Crippen LogP contribution in [-0.4, -0.2) is 151 Å². The molecule has 27 heteroatoms. The molecule has 0 fully saturated rings. The summed E-state index contributed by atoms with van der Waals surface area (Å²) in [5.41, 5.74) is 17.0. The van der Waals surface area contributed by atoms with Gasteiger partial charge in [0.15, 0.2) is 11.1 Å². The Morgan fingerprint density at radius 3 is 1.58 bits per heavy atom. The number of aromatic hydroxyl groups is 2. The Morgan fingerprint density at radius 1 is 0.589 bits per heavy atom. The first kappa shape index (κ1) is 61.4. The van der Waals surface area contributed by atoms with Gasteiger partial charge >= 0.3 is 0 Å². The number of phenolic OH excluding ortho intramolecular Hbond substituents is 2. The number of hydrogen-bond donors (Lipinski definition) is 13. The third kappa shape index (κ3) is 23.0.